The number of carbonyl (C=O) groups excluding carboxylic acids is 2. The van der Waals surface area contributed by atoms with Crippen LogP contribution in [0.1, 0.15) is 30.3 Å². The van der Waals surface area contributed by atoms with Gasteiger partial charge in [-0.2, -0.15) is 0 Å². The molecule has 9 heteroatoms. The van der Waals surface area contributed by atoms with Gasteiger partial charge in [-0.05, 0) is 44.0 Å². The van der Waals surface area contributed by atoms with Crippen LogP contribution in [-0.2, 0) is 4.79 Å². The fourth-order valence-electron chi connectivity index (χ4n) is 2.84. The third-order valence-electron chi connectivity index (χ3n) is 4.19. The number of carbonyl (C=O) groups is 2. The van der Waals surface area contributed by atoms with Gasteiger partial charge in [-0.25, -0.2) is 9.97 Å². The summed E-state index contributed by atoms with van der Waals surface area (Å²) in [6, 6.07) is 6.99. The second-order valence-electron chi connectivity index (χ2n) is 6.25. The maximum Gasteiger partial charge on any atom is 0.272 e. The molecule has 1 aliphatic heterocycles. The Morgan fingerprint density at radius 2 is 1.93 bits per heavy atom. The van der Waals surface area contributed by atoms with Crippen LogP contribution in [-0.4, -0.2) is 48.0 Å². The summed E-state index contributed by atoms with van der Waals surface area (Å²) in [4.78, 5) is 35.0. The van der Waals surface area contributed by atoms with Gasteiger partial charge in [-0.3, -0.25) is 9.59 Å². The molecule has 2 N–H and O–H groups in total. The van der Waals surface area contributed by atoms with E-state index in [9.17, 15) is 9.59 Å². The minimum Gasteiger partial charge on any atom is -0.494 e. The summed E-state index contributed by atoms with van der Waals surface area (Å²) in [6.07, 6.45) is 3.55. The first-order valence-corrected chi connectivity index (χ1v) is 9.53. The lowest BCUT2D eigenvalue weighted by Crippen LogP contribution is -2.34. The van der Waals surface area contributed by atoms with Gasteiger partial charge in [0.2, 0.25) is 11.9 Å². The van der Waals surface area contributed by atoms with Crippen LogP contribution < -0.4 is 20.3 Å². The SMILES string of the molecule is CCOc1ccc(NC(=O)CNC(=O)c2nc(N3CCCC3)ncc2Cl)cc1. The predicted molar refractivity (Wildman–Crippen MR) is 107 cm³/mol. The minimum absolute atomic E-state index is 0.0624. The zero-order chi connectivity index (χ0) is 19.9. The van der Waals surface area contributed by atoms with E-state index in [-0.39, 0.29) is 23.2 Å². The summed E-state index contributed by atoms with van der Waals surface area (Å²) in [5, 5.41) is 5.39. The summed E-state index contributed by atoms with van der Waals surface area (Å²) >= 11 is 6.07. The van der Waals surface area contributed by atoms with E-state index in [1.807, 2.05) is 11.8 Å². The van der Waals surface area contributed by atoms with E-state index in [0.717, 1.165) is 31.7 Å². The highest BCUT2D eigenvalue weighted by molar-refractivity contribution is 6.33. The molecule has 3 rings (SSSR count). The van der Waals surface area contributed by atoms with E-state index in [4.69, 9.17) is 16.3 Å². The summed E-state index contributed by atoms with van der Waals surface area (Å²) in [5.74, 6) is 0.323. The standard InChI is InChI=1S/C19H22ClN5O3/c1-2-28-14-7-5-13(6-8-14)23-16(26)12-21-18(27)17-15(20)11-22-19(24-17)25-9-3-4-10-25/h5-8,11H,2-4,9-10,12H2,1H3,(H,21,27)(H,23,26). The van der Waals surface area contributed by atoms with Crippen LogP contribution in [0.25, 0.3) is 0 Å². The van der Waals surface area contributed by atoms with Crippen LogP contribution in [0, 0.1) is 0 Å². The van der Waals surface area contributed by atoms with Gasteiger partial charge < -0.3 is 20.3 Å². The van der Waals surface area contributed by atoms with Crippen LogP contribution >= 0.6 is 11.6 Å². The van der Waals surface area contributed by atoms with Crippen LogP contribution in [0.3, 0.4) is 0 Å². The number of rotatable bonds is 7. The number of hydrogen-bond acceptors (Lipinski definition) is 6. The molecular formula is C19H22ClN5O3. The largest absolute Gasteiger partial charge is 0.494 e. The van der Waals surface area contributed by atoms with Gasteiger partial charge in [0.05, 0.1) is 24.4 Å². The molecule has 0 bridgehead atoms. The van der Waals surface area contributed by atoms with Gasteiger partial charge >= 0.3 is 0 Å². The number of benzene rings is 1. The summed E-state index contributed by atoms with van der Waals surface area (Å²) in [5.41, 5.74) is 0.673. The maximum absolute atomic E-state index is 12.4. The highest BCUT2D eigenvalue weighted by Crippen LogP contribution is 2.20. The Morgan fingerprint density at radius 3 is 2.61 bits per heavy atom. The Bertz CT molecular complexity index is 838. The van der Waals surface area contributed by atoms with Crippen molar-refractivity contribution in [3.63, 3.8) is 0 Å². The molecule has 1 saturated heterocycles. The lowest BCUT2D eigenvalue weighted by atomic mass is 10.3. The summed E-state index contributed by atoms with van der Waals surface area (Å²) in [7, 11) is 0. The lowest BCUT2D eigenvalue weighted by Gasteiger charge is -2.16. The number of halogens is 1. The van der Waals surface area contributed by atoms with Gasteiger partial charge in [0.25, 0.3) is 5.91 Å². The molecule has 0 saturated carbocycles. The zero-order valence-electron chi connectivity index (χ0n) is 15.6. The molecule has 0 aliphatic carbocycles. The van der Waals surface area contributed by atoms with Crippen LogP contribution in [0.4, 0.5) is 11.6 Å². The molecule has 1 fully saturated rings. The highest BCUT2D eigenvalue weighted by Gasteiger charge is 2.20. The molecular weight excluding hydrogens is 382 g/mol. The Kier molecular flexibility index (Phi) is 6.65. The van der Waals surface area contributed by atoms with Crippen molar-refractivity contribution in [2.75, 3.05) is 36.5 Å². The molecule has 28 heavy (non-hydrogen) atoms. The van der Waals surface area contributed by atoms with Crippen molar-refractivity contribution in [2.45, 2.75) is 19.8 Å². The molecule has 0 spiro atoms. The van der Waals surface area contributed by atoms with Gasteiger partial charge in [0, 0.05) is 18.8 Å². The predicted octanol–water partition coefficient (Wildman–Crippen LogP) is 2.50. The Labute approximate surface area is 168 Å². The number of nitrogens with one attached hydrogen (secondary N) is 2. The van der Waals surface area contributed by atoms with Crippen molar-refractivity contribution >= 4 is 35.1 Å². The average Bonchev–Trinajstić information content (AvgIpc) is 3.23. The fourth-order valence-corrected chi connectivity index (χ4v) is 3.01. The zero-order valence-corrected chi connectivity index (χ0v) is 16.3. The third kappa shape index (κ3) is 5.10. The molecule has 2 heterocycles. The molecule has 0 atom stereocenters. The monoisotopic (exact) mass is 403 g/mol. The van der Waals surface area contributed by atoms with Crippen molar-refractivity contribution < 1.29 is 14.3 Å². The number of amides is 2. The molecule has 1 aromatic heterocycles. The van der Waals surface area contributed by atoms with E-state index < -0.39 is 5.91 Å². The van der Waals surface area contributed by atoms with Gasteiger partial charge in [0.15, 0.2) is 5.69 Å². The highest BCUT2D eigenvalue weighted by atomic mass is 35.5. The Balaban J connectivity index is 1.55. The molecule has 1 aromatic carbocycles. The third-order valence-corrected chi connectivity index (χ3v) is 4.47. The fraction of sp³-hybridized carbons (Fsp3) is 0.368. The molecule has 1 aliphatic rings. The summed E-state index contributed by atoms with van der Waals surface area (Å²) in [6.45, 7) is 3.98. The van der Waals surface area contributed by atoms with Crippen LogP contribution in [0.15, 0.2) is 30.5 Å². The van der Waals surface area contributed by atoms with Gasteiger partial charge in [0.1, 0.15) is 5.75 Å². The van der Waals surface area contributed by atoms with Crippen molar-refractivity contribution in [1.82, 2.24) is 15.3 Å². The number of nitrogens with zero attached hydrogens (tertiary/aromatic N) is 3. The average molecular weight is 404 g/mol. The molecule has 148 valence electrons. The van der Waals surface area contributed by atoms with Crippen molar-refractivity contribution in [2.24, 2.45) is 0 Å². The smallest absolute Gasteiger partial charge is 0.272 e. The quantitative estimate of drug-likeness (QED) is 0.737. The normalized spacial score (nSPS) is 13.3. The van der Waals surface area contributed by atoms with Gasteiger partial charge in [-0.15, -0.1) is 0 Å². The molecule has 0 unspecified atom stereocenters. The van der Waals surface area contributed by atoms with Gasteiger partial charge in [-0.1, -0.05) is 11.6 Å². The Hall–Kier alpha value is -2.87. The number of aromatic nitrogens is 2. The Morgan fingerprint density at radius 1 is 1.21 bits per heavy atom. The van der Waals surface area contributed by atoms with Crippen molar-refractivity contribution in [1.29, 1.82) is 0 Å². The molecule has 8 nitrogen and oxygen atoms in total. The first-order chi connectivity index (χ1) is 13.6. The van der Waals surface area contributed by atoms with E-state index in [2.05, 4.69) is 20.6 Å². The molecule has 2 aromatic rings. The lowest BCUT2D eigenvalue weighted by molar-refractivity contribution is -0.115. The van der Waals surface area contributed by atoms with E-state index in [1.54, 1.807) is 24.3 Å². The molecule has 2 amide bonds. The number of ether oxygens (including phenoxy) is 1. The van der Waals surface area contributed by atoms with Crippen molar-refractivity contribution in [3.05, 3.63) is 41.2 Å². The number of hydrogen-bond donors (Lipinski definition) is 2. The van der Waals surface area contributed by atoms with Crippen LogP contribution in [0.5, 0.6) is 5.75 Å². The van der Waals surface area contributed by atoms with E-state index >= 15 is 0 Å². The molecule has 0 radical (unpaired) electrons. The van der Waals surface area contributed by atoms with Crippen molar-refractivity contribution in [3.8, 4) is 5.75 Å². The first kappa shape index (κ1) is 19.9. The second kappa shape index (κ2) is 9.36. The van der Waals surface area contributed by atoms with Crippen LogP contribution in [0.2, 0.25) is 5.02 Å². The summed E-state index contributed by atoms with van der Waals surface area (Å²) < 4.78 is 5.35. The topological polar surface area (TPSA) is 96.5 Å². The first-order valence-electron chi connectivity index (χ1n) is 9.15. The second-order valence-corrected chi connectivity index (χ2v) is 6.66. The van der Waals surface area contributed by atoms with E-state index in [0.29, 0.717) is 18.2 Å². The maximum atomic E-state index is 12.4. The number of anilines is 2. The minimum atomic E-state index is -0.519. The van der Waals surface area contributed by atoms with E-state index in [1.165, 1.54) is 6.20 Å².